The number of amides is 1. The van der Waals surface area contributed by atoms with Crippen molar-refractivity contribution in [2.24, 2.45) is 0 Å². The van der Waals surface area contributed by atoms with Crippen LogP contribution >= 0.6 is 15.9 Å². The van der Waals surface area contributed by atoms with E-state index in [0.29, 0.717) is 17.9 Å². The van der Waals surface area contributed by atoms with Crippen molar-refractivity contribution in [3.8, 4) is 5.75 Å². The average Bonchev–Trinajstić information content (AvgIpc) is 2.41. The predicted octanol–water partition coefficient (Wildman–Crippen LogP) is 2.04. The van der Waals surface area contributed by atoms with E-state index in [1.54, 1.807) is 19.1 Å². The van der Waals surface area contributed by atoms with Crippen LogP contribution in [-0.2, 0) is 6.54 Å². The van der Waals surface area contributed by atoms with Gasteiger partial charge < -0.3 is 9.64 Å². The van der Waals surface area contributed by atoms with Crippen molar-refractivity contribution in [3.63, 3.8) is 0 Å². The number of ether oxygens (including phenoxy) is 1. The summed E-state index contributed by atoms with van der Waals surface area (Å²) in [5.74, 6) is 0.674. The monoisotopic (exact) mass is 255 g/mol. The van der Waals surface area contributed by atoms with Crippen molar-refractivity contribution >= 4 is 21.8 Å². The van der Waals surface area contributed by atoms with Crippen molar-refractivity contribution in [2.45, 2.75) is 6.54 Å². The second-order valence-electron chi connectivity index (χ2n) is 3.30. The van der Waals surface area contributed by atoms with Crippen LogP contribution in [-0.4, -0.2) is 25.0 Å². The molecule has 1 aromatic rings. The lowest BCUT2D eigenvalue weighted by atomic mass is 10.1. The van der Waals surface area contributed by atoms with Gasteiger partial charge >= 0.3 is 0 Å². The fraction of sp³-hybridized carbons (Fsp3) is 0.300. The smallest absolute Gasteiger partial charge is 0.258 e. The first kappa shape index (κ1) is 9.52. The van der Waals surface area contributed by atoms with Gasteiger partial charge in [-0.15, -0.1) is 0 Å². The summed E-state index contributed by atoms with van der Waals surface area (Å²) in [7, 11) is 3.36. The summed E-state index contributed by atoms with van der Waals surface area (Å²) in [5, 5.41) is 0. The predicted molar refractivity (Wildman–Crippen MR) is 56.5 cm³/mol. The van der Waals surface area contributed by atoms with E-state index < -0.39 is 0 Å². The number of hydrogen-bond acceptors (Lipinski definition) is 2. The molecule has 1 amide bonds. The number of rotatable bonds is 1. The normalized spacial score (nSPS) is 14.5. The van der Waals surface area contributed by atoms with Gasteiger partial charge in [0.2, 0.25) is 0 Å². The minimum atomic E-state index is 0.0318. The van der Waals surface area contributed by atoms with Gasteiger partial charge in [0.25, 0.3) is 5.91 Å². The lowest BCUT2D eigenvalue weighted by Gasteiger charge is -2.06. The van der Waals surface area contributed by atoms with E-state index in [4.69, 9.17) is 4.74 Å². The van der Waals surface area contributed by atoms with Crippen molar-refractivity contribution < 1.29 is 9.53 Å². The third kappa shape index (κ3) is 1.30. The molecule has 4 heteroatoms. The molecule has 74 valence electrons. The van der Waals surface area contributed by atoms with Crippen molar-refractivity contribution in [1.29, 1.82) is 0 Å². The first-order valence-electron chi connectivity index (χ1n) is 4.25. The van der Waals surface area contributed by atoms with Gasteiger partial charge in [0, 0.05) is 18.1 Å². The summed E-state index contributed by atoms with van der Waals surface area (Å²) in [5.41, 5.74) is 1.71. The number of fused-ring (bicyclic) bond motifs is 1. The Hall–Kier alpha value is -1.03. The summed E-state index contributed by atoms with van der Waals surface area (Å²) >= 11 is 3.39. The highest BCUT2D eigenvalue weighted by Crippen LogP contribution is 2.33. The van der Waals surface area contributed by atoms with Crippen LogP contribution in [0.25, 0.3) is 0 Å². The largest absolute Gasteiger partial charge is 0.496 e. The molecule has 0 atom stereocenters. The second kappa shape index (κ2) is 3.28. The molecule has 0 unspecified atom stereocenters. The molecule has 0 fully saturated rings. The van der Waals surface area contributed by atoms with Crippen molar-refractivity contribution in [3.05, 3.63) is 27.7 Å². The van der Waals surface area contributed by atoms with Gasteiger partial charge in [-0.1, -0.05) is 15.9 Å². The standard InChI is InChI=1S/C10H10BrNO2/c1-12-5-6-3-7(11)4-8(14-2)9(6)10(12)13/h3-4H,5H2,1-2H3. The maximum Gasteiger partial charge on any atom is 0.258 e. The van der Waals surface area contributed by atoms with Gasteiger partial charge in [0.05, 0.1) is 12.7 Å². The molecule has 1 aliphatic heterocycles. The van der Waals surface area contributed by atoms with Gasteiger partial charge in [0.15, 0.2) is 0 Å². The molecule has 0 spiro atoms. The number of benzene rings is 1. The Morgan fingerprint density at radius 2 is 2.21 bits per heavy atom. The zero-order valence-electron chi connectivity index (χ0n) is 8.00. The Balaban J connectivity index is 2.62. The minimum Gasteiger partial charge on any atom is -0.496 e. The Labute approximate surface area is 90.8 Å². The topological polar surface area (TPSA) is 29.5 Å². The van der Waals surface area contributed by atoms with E-state index in [-0.39, 0.29) is 5.91 Å². The second-order valence-corrected chi connectivity index (χ2v) is 4.22. The van der Waals surface area contributed by atoms with Crippen LogP contribution in [0.4, 0.5) is 0 Å². The van der Waals surface area contributed by atoms with E-state index >= 15 is 0 Å². The van der Waals surface area contributed by atoms with Crippen LogP contribution in [0.1, 0.15) is 15.9 Å². The first-order valence-corrected chi connectivity index (χ1v) is 5.04. The highest BCUT2D eigenvalue weighted by atomic mass is 79.9. The van der Waals surface area contributed by atoms with Crippen LogP contribution in [0.15, 0.2) is 16.6 Å². The quantitative estimate of drug-likeness (QED) is 0.769. The number of halogens is 1. The maximum absolute atomic E-state index is 11.7. The summed E-state index contributed by atoms with van der Waals surface area (Å²) in [6, 6.07) is 3.77. The zero-order chi connectivity index (χ0) is 10.3. The van der Waals surface area contributed by atoms with E-state index in [1.807, 2.05) is 12.1 Å². The lowest BCUT2D eigenvalue weighted by molar-refractivity contribution is 0.0814. The molecular weight excluding hydrogens is 246 g/mol. The fourth-order valence-electron chi connectivity index (χ4n) is 1.68. The molecule has 0 radical (unpaired) electrons. The molecule has 0 saturated carbocycles. The molecule has 3 nitrogen and oxygen atoms in total. The van der Waals surface area contributed by atoms with Crippen LogP contribution in [0.5, 0.6) is 5.75 Å². The zero-order valence-corrected chi connectivity index (χ0v) is 9.59. The van der Waals surface area contributed by atoms with Gasteiger partial charge in [-0.25, -0.2) is 0 Å². The van der Waals surface area contributed by atoms with Gasteiger partial charge in [-0.3, -0.25) is 4.79 Å². The Bertz CT molecular complexity index is 403. The van der Waals surface area contributed by atoms with Gasteiger partial charge in [-0.2, -0.15) is 0 Å². The molecule has 2 rings (SSSR count). The molecule has 14 heavy (non-hydrogen) atoms. The number of carbonyl (C=O) groups is 1. The molecule has 0 saturated heterocycles. The summed E-state index contributed by atoms with van der Waals surface area (Å²) in [6.45, 7) is 0.657. The molecular formula is C10H10BrNO2. The number of carbonyl (C=O) groups excluding carboxylic acids is 1. The average molecular weight is 256 g/mol. The molecule has 1 heterocycles. The molecule has 0 N–H and O–H groups in total. The van der Waals surface area contributed by atoms with E-state index in [0.717, 1.165) is 10.0 Å². The summed E-state index contributed by atoms with van der Waals surface area (Å²) < 4.78 is 6.12. The highest BCUT2D eigenvalue weighted by Gasteiger charge is 2.28. The summed E-state index contributed by atoms with van der Waals surface area (Å²) in [6.07, 6.45) is 0. The van der Waals surface area contributed by atoms with E-state index in [2.05, 4.69) is 15.9 Å². The maximum atomic E-state index is 11.7. The molecule has 0 aromatic heterocycles. The highest BCUT2D eigenvalue weighted by molar-refractivity contribution is 9.10. The minimum absolute atomic E-state index is 0.0318. The van der Waals surface area contributed by atoms with E-state index in [9.17, 15) is 4.79 Å². The van der Waals surface area contributed by atoms with Crippen LogP contribution in [0.2, 0.25) is 0 Å². The molecule has 0 aliphatic carbocycles. The first-order chi connectivity index (χ1) is 6.63. The summed E-state index contributed by atoms with van der Waals surface area (Å²) in [4.78, 5) is 13.4. The molecule has 1 aromatic carbocycles. The SMILES string of the molecule is COc1cc(Br)cc2c1C(=O)N(C)C2. The van der Waals surface area contributed by atoms with Crippen LogP contribution < -0.4 is 4.74 Å². The third-order valence-electron chi connectivity index (χ3n) is 2.34. The van der Waals surface area contributed by atoms with Crippen LogP contribution in [0, 0.1) is 0 Å². The Morgan fingerprint density at radius 1 is 1.50 bits per heavy atom. The molecule has 0 bridgehead atoms. The number of methoxy groups -OCH3 is 1. The lowest BCUT2D eigenvalue weighted by Crippen LogP contribution is -2.17. The number of nitrogens with zero attached hydrogens (tertiary/aromatic N) is 1. The van der Waals surface area contributed by atoms with Crippen molar-refractivity contribution in [1.82, 2.24) is 4.90 Å². The number of hydrogen-bond donors (Lipinski definition) is 0. The third-order valence-corrected chi connectivity index (χ3v) is 2.79. The Morgan fingerprint density at radius 3 is 2.86 bits per heavy atom. The van der Waals surface area contributed by atoms with Gasteiger partial charge in [0.1, 0.15) is 5.75 Å². The fourth-order valence-corrected chi connectivity index (χ4v) is 2.17. The van der Waals surface area contributed by atoms with Gasteiger partial charge in [-0.05, 0) is 17.7 Å². The van der Waals surface area contributed by atoms with E-state index in [1.165, 1.54) is 0 Å². The Kier molecular flexibility index (Phi) is 2.23. The van der Waals surface area contributed by atoms with Crippen LogP contribution in [0.3, 0.4) is 0 Å². The molecule has 1 aliphatic rings. The van der Waals surface area contributed by atoms with Crippen molar-refractivity contribution in [2.75, 3.05) is 14.2 Å².